The van der Waals surface area contributed by atoms with Gasteiger partial charge in [-0.2, -0.15) is 0 Å². The molecule has 0 saturated heterocycles. The van der Waals surface area contributed by atoms with Crippen LogP contribution in [0.2, 0.25) is 0 Å². The Balaban J connectivity index is 2.43. The third-order valence-corrected chi connectivity index (χ3v) is 2.16. The van der Waals surface area contributed by atoms with Gasteiger partial charge in [-0.1, -0.05) is 0 Å². The number of H-pyrrole nitrogens is 1. The van der Waals surface area contributed by atoms with Crippen molar-refractivity contribution in [2.75, 3.05) is 14.2 Å². The highest BCUT2D eigenvalue weighted by molar-refractivity contribution is 5.60. The minimum atomic E-state index is 0.700. The van der Waals surface area contributed by atoms with Crippen molar-refractivity contribution < 1.29 is 9.47 Å². The van der Waals surface area contributed by atoms with Crippen molar-refractivity contribution in [3.05, 3.63) is 30.6 Å². The number of ether oxygens (including phenoxy) is 2. The molecule has 78 valence electrons. The van der Waals surface area contributed by atoms with Crippen LogP contribution in [0.25, 0.3) is 11.4 Å². The molecule has 0 aliphatic heterocycles. The van der Waals surface area contributed by atoms with Gasteiger partial charge in [0.25, 0.3) is 0 Å². The van der Waals surface area contributed by atoms with E-state index in [1.54, 1.807) is 26.6 Å². The maximum absolute atomic E-state index is 5.21. The number of nitrogens with zero attached hydrogens (tertiary/aromatic N) is 1. The molecule has 0 bridgehead atoms. The number of rotatable bonds is 3. The number of hydrogen-bond acceptors (Lipinski definition) is 3. The molecular weight excluding hydrogens is 192 g/mol. The van der Waals surface area contributed by atoms with Crippen LogP contribution in [0.5, 0.6) is 11.5 Å². The molecule has 0 aliphatic rings. The van der Waals surface area contributed by atoms with E-state index in [-0.39, 0.29) is 0 Å². The number of imidazole rings is 1. The predicted octanol–water partition coefficient (Wildman–Crippen LogP) is 2.09. The minimum absolute atomic E-state index is 0.700. The number of aromatic amines is 1. The van der Waals surface area contributed by atoms with Crippen LogP contribution in [-0.2, 0) is 0 Å². The molecule has 0 amide bonds. The quantitative estimate of drug-likeness (QED) is 0.832. The topological polar surface area (TPSA) is 47.1 Å². The summed E-state index contributed by atoms with van der Waals surface area (Å²) in [4.78, 5) is 7.20. The zero-order chi connectivity index (χ0) is 10.7. The molecular formula is C11H12N2O2. The fourth-order valence-electron chi connectivity index (χ4n) is 1.41. The lowest BCUT2D eigenvalue weighted by Crippen LogP contribution is -1.91. The normalized spacial score (nSPS) is 10.0. The first-order valence-corrected chi connectivity index (χ1v) is 4.57. The first-order valence-electron chi connectivity index (χ1n) is 4.57. The molecule has 15 heavy (non-hydrogen) atoms. The van der Waals surface area contributed by atoms with Gasteiger partial charge in [0.05, 0.1) is 14.2 Å². The summed E-state index contributed by atoms with van der Waals surface area (Å²) in [7, 11) is 3.23. The van der Waals surface area contributed by atoms with Gasteiger partial charge in [0.2, 0.25) is 0 Å². The Bertz CT molecular complexity index is 438. The standard InChI is InChI=1S/C11H12N2O2/c1-14-9-4-3-8(7-10(9)15-2)11-12-5-6-13-11/h3-7H,1-2H3,(H,12,13). The third-order valence-electron chi connectivity index (χ3n) is 2.16. The van der Waals surface area contributed by atoms with Crippen LogP contribution in [-0.4, -0.2) is 24.2 Å². The third kappa shape index (κ3) is 1.79. The lowest BCUT2D eigenvalue weighted by Gasteiger charge is -2.08. The lowest BCUT2D eigenvalue weighted by atomic mass is 10.2. The second-order valence-electron chi connectivity index (χ2n) is 3.01. The van der Waals surface area contributed by atoms with E-state index in [9.17, 15) is 0 Å². The van der Waals surface area contributed by atoms with E-state index in [1.165, 1.54) is 0 Å². The highest BCUT2D eigenvalue weighted by Gasteiger charge is 2.06. The van der Waals surface area contributed by atoms with E-state index >= 15 is 0 Å². The van der Waals surface area contributed by atoms with Gasteiger partial charge in [-0.25, -0.2) is 4.98 Å². The van der Waals surface area contributed by atoms with Crippen LogP contribution < -0.4 is 9.47 Å². The molecule has 0 atom stereocenters. The van der Waals surface area contributed by atoms with Gasteiger partial charge in [-0.15, -0.1) is 0 Å². The monoisotopic (exact) mass is 204 g/mol. The number of benzene rings is 1. The number of nitrogens with one attached hydrogen (secondary N) is 1. The highest BCUT2D eigenvalue weighted by Crippen LogP contribution is 2.30. The number of hydrogen-bond donors (Lipinski definition) is 1. The summed E-state index contributed by atoms with van der Waals surface area (Å²) in [5, 5.41) is 0. The van der Waals surface area contributed by atoms with Gasteiger partial charge in [-0.05, 0) is 18.2 Å². The first-order chi connectivity index (χ1) is 7.35. The van der Waals surface area contributed by atoms with E-state index in [4.69, 9.17) is 9.47 Å². The molecule has 2 rings (SSSR count). The summed E-state index contributed by atoms with van der Waals surface area (Å²) in [6, 6.07) is 5.68. The Labute approximate surface area is 87.9 Å². The molecule has 0 radical (unpaired) electrons. The Hall–Kier alpha value is -1.97. The Kier molecular flexibility index (Phi) is 2.58. The Morgan fingerprint density at radius 3 is 2.53 bits per heavy atom. The van der Waals surface area contributed by atoms with Gasteiger partial charge >= 0.3 is 0 Å². The van der Waals surface area contributed by atoms with Crippen molar-refractivity contribution in [2.45, 2.75) is 0 Å². The van der Waals surface area contributed by atoms with Crippen molar-refractivity contribution in [3.8, 4) is 22.9 Å². The molecule has 4 nitrogen and oxygen atoms in total. The van der Waals surface area contributed by atoms with Crippen LogP contribution in [0.1, 0.15) is 0 Å². The van der Waals surface area contributed by atoms with Crippen LogP contribution in [0.4, 0.5) is 0 Å². The van der Waals surface area contributed by atoms with Crippen molar-refractivity contribution in [2.24, 2.45) is 0 Å². The van der Waals surface area contributed by atoms with E-state index in [2.05, 4.69) is 9.97 Å². The molecule has 1 heterocycles. The van der Waals surface area contributed by atoms with Crippen LogP contribution in [0.3, 0.4) is 0 Å². The number of aromatic nitrogens is 2. The van der Waals surface area contributed by atoms with Gasteiger partial charge in [-0.3, -0.25) is 0 Å². The molecule has 0 saturated carbocycles. The molecule has 2 aromatic rings. The van der Waals surface area contributed by atoms with Crippen molar-refractivity contribution in [1.29, 1.82) is 0 Å². The summed E-state index contributed by atoms with van der Waals surface area (Å²) in [6.07, 6.45) is 3.50. The second kappa shape index (κ2) is 4.04. The maximum Gasteiger partial charge on any atom is 0.161 e. The molecule has 1 aromatic heterocycles. The maximum atomic E-state index is 5.21. The summed E-state index contributed by atoms with van der Waals surface area (Å²) >= 11 is 0. The van der Waals surface area contributed by atoms with Gasteiger partial charge in [0, 0.05) is 18.0 Å². The highest BCUT2D eigenvalue weighted by atomic mass is 16.5. The summed E-state index contributed by atoms with van der Waals surface area (Å²) in [5.41, 5.74) is 0.970. The second-order valence-corrected chi connectivity index (χ2v) is 3.01. The fourth-order valence-corrected chi connectivity index (χ4v) is 1.41. The summed E-state index contributed by atoms with van der Waals surface area (Å²) in [5.74, 6) is 2.23. The van der Waals surface area contributed by atoms with Crippen LogP contribution in [0.15, 0.2) is 30.6 Å². The molecule has 0 unspecified atom stereocenters. The van der Waals surface area contributed by atoms with E-state index in [0.29, 0.717) is 11.5 Å². The minimum Gasteiger partial charge on any atom is -0.493 e. The average molecular weight is 204 g/mol. The predicted molar refractivity (Wildman–Crippen MR) is 57.1 cm³/mol. The zero-order valence-electron chi connectivity index (χ0n) is 8.65. The zero-order valence-corrected chi connectivity index (χ0v) is 8.65. The van der Waals surface area contributed by atoms with Crippen LogP contribution in [0, 0.1) is 0 Å². The summed E-state index contributed by atoms with van der Waals surface area (Å²) < 4.78 is 10.4. The molecule has 0 aliphatic carbocycles. The van der Waals surface area contributed by atoms with E-state index in [0.717, 1.165) is 11.4 Å². The smallest absolute Gasteiger partial charge is 0.161 e. The van der Waals surface area contributed by atoms with Crippen molar-refractivity contribution >= 4 is 0 Å². The Morgan fingerprint density at radius 2 is 1.93 bits per heavy atom. The molecule has 0 fully saturated rings. The van der Waals surface area contributed by atoms with E-state index in [1.807, 2.05) is 18.2 Å². The largest absolute Gasteiger partial charge is 0.493 e. The Morgan fingerprint density at radius 1 is 1.13 bits per heavy atom. The van der Waals surface area contributed by atoms with Crippen molar-refractivity contribution in [1.82, 2.24) is 9.97 Å². The number of methoxy groups -OCH3 is 2. The molecule has 4 heteroatoms. The van der Waals surface area contributed by atoms with E-state index < -0.39 is 0 Å². The SMILES string of the molecule is COc1ccc(-c2ncc[nH]2)cc1OC. The molecule has 1 aromatic carbocycles. The first kappa shape index (κ1) is 9.58. The van der Waals surface area contributed by atoms with Gasteiger partial charge < -0.3 is 14.5 Å². The average Bonchev–Trinajstić information content (AvgIpc) is 2.81. The lowest BCUT2D eigenvalue weighted by molar-refractivity contribution is 0.355. The van der Waals surface area contributed by atoms with Gasteiger partial charge in [0.15, 0.2) is 11.5 Å². The van der Waals surface area contributed by atoms with Gasteiger partial charge in [0.1, 0.15) is 5.82 Å². The molecule has 1 N–H and O–H groups in total. The fraction of sp³-hybridized carbons (Fsp3) is 0.182. The van der Waals surface area contributed by atoms with Crippen LogP contribution >= 0.6 is 0 Å². The van der Waals surface area contributed by atoms with Crippen molar-refractivity contribution in [3.63, 3.8) is 0 Å². The molecule has 0 spiro atoms. The summed E-state index contributed by atoms with van der Waals surface area (Å²) in [6.45, 7) is 0.